The van der Waals surface area contributed by atoms with E-state index in [4.69, 9.17) is 5.73 Å². The molecule has 1 saturated heterocycles. The summed E-state index contributed by atoms with van der Waals surface area (Å²) in [6.45, 7) is 6.67. The number of rotatable bonds is 5. The van der Waals surface area contributed by atoms with Crippen molar-refractivity contribution >= 4 is 11.7 Å². The maximum Gasteiger partial charge on any atom is 0.221 e. The Morgan fingerprint density at radius 2 is 2.35 bits per heavy atom. The van der Waals surface area contributed by atoms with Crippen LogP contribution in [0.5, 0.6) is 0 Å². The highest BCUT2D eigenvalue weighted by Crippen LogP contribution is 2.25. The molecule has 0 aliphatic carbocycles. The Morgan fingerprint density at radius 3 is 3.05 bits per heavy atom. The minimum Gasteiger partial charge on any atom is -0.370 e. The highest BCUT2D eigenvalue weighted by Gasteiger charge is 2.28. The van der Waals surface area contributed by atoms with Crippen molar-refractivity contribution in [3.8, 4) is 0 Å². The van der Waals surface area contributed by atoms with Crippen LogP contribution in [0.2, 0.25) is 0 Å². The van der Waals surface area contributed by atoms with Gasteiger partial charge in [-0.15, -0.1) is 0 Å². The van der Waals surface area contributed by atoms with Crippen LogP contribution in [0.3, 0.4) is 0 Å². The lowest BCUT2D eigenvalue weighted by Gasteiger charge is -2.37. The molecule has 2 heterocycles. The first-order valence-electron chi connectivity index (χ1n) is 7.33. The molecule has 1 aromatic heterocycles. The van der Waals surface area contributed by atoms with Gasteiger partial charge in [0.15, 0.2) is 0 Å². The van der Waals surface area contributed by atoms with Crippen LogP contribution in [-0.4, -0.2) is 34.9 Å². The summed E-state index contributed by atoms with van der Waals surface area (Å²) in [6, 6.07) is 4.52. The molecular formula is C15H24N4O. The average Bonchev–Trinajstić information content (AvgIpc) is 2.43. The van der Waals surface area contributed by atoms with Crippen LogP contribution in [-0.2, 0) is 11.3 Å². The summed E-state index contributed by atoms with van der Waals surface area (Å²) in [5, 5.41) is 3.29. The van der Waals surface area contributed by atoms with Crippen molar-refractivity contribution < 1.29 is 4.79 Å². The molecule has 2 rings (SSSR count). The molecule has 2 atom stereocenters. The van der Waals surface area contributed by atoms with Crippen molar-refractivity contribution in [1.82, 2.24) is 9.88 Å². The Hall–Kier alpha value is -1.62. The molecule has 0 bridgehead atoms. The Kier molecular flexibility index (Phi) is 4.95. The first-order valence-corrected chi connectivity index (χ1v) is 7.33. The van der Waals surface area contributed by atoms with Crippen LogP contribution in [0, 0.1) is 5.92 Å². The molecule has 1 fully saturated rings. The Labute approximate surface area is 120 Å². The molecule has 5 nitrogen and oxygen atoms in total. The molecule has 3 N–H and O–H groups in total. The van der Waals surface area contributed by atoms with Crippen LogP contribution >= 0.6 is 0 Å². The largest absolute Gasteiger partial charge is 0.370 e. The second-order valence-corrected chi connectivity index (χ2v) is 5.50. The highest BCUT2D eigenvalue weighted by atomic mass is 16.1. The number of hydrogen-bond acceptors (Lipinski definition) is 4. The summed E-state index contributed by atoms with van der Waals surface area (Å²) in [6.07, 6.45) is 3.72. The van der Waals surface area contributed by atoms with Crippen LogP contribution in [0.4, 0.5) is 5.82 Å². The first-order chi connectivity index (χ1) is 9.61. The van der Waals surface area contributed by atoms with Gasteiger partial charge in [-0.05, 0) is 32.8 Å². The fourth-order valence-corrected chi connectivity index (χ4v) is 2.74. The summed E-state index contributed by atoms with van der Waals surface area (Å²) in [4.78, 5) is 18.1. The SMILES string of the molecule is CCNc1ncccc1CN1CC(C(N)=O)CCC1C. The van der Waals surface area contributed by atoms with Crippen molar-refractivity contribution in [2.24, 2.45) is 11.7 Å². The lowest BCUT2D eigenvalue weighted by molar-refractivity contribution is -0.124. The van der Waals surface area contributed by atoms with E-state index < -0.39 is 0 Å². The molecule has 110 valence electrons. The lowest BCUT2D eigenvalue weighted by Crippen LogP contribution is -2.45. The van der Waals surface area contributed by atoms with E-state index in [9.17, 15) is 4.79 Å². The van der Waals surface area contributed by atoms with Crippen LogP contribution in [0.1, 0.15) is 32.3 Å². The monoisotopic (exact) mass is 276 g/mol. The topological polar surface area (TPSA) is 71.2 Å². The average molecular weight is 276 g/mol. The maximum absolute atomic E-state index is 11.4. The number of likely N-dealkylation sites (tertiary alicyclic amines) is 1. The summed E-state index contributed by atoms with van der Waals surface area (Å²) in [5.41, 5.74) is 6.63. The molecule has 0 saturated carbocycles. The van der Waals surface area contributed by atoms with Gasteiger partial charge in [-0.1, -0.05) is 6.07 Å². The van der Waals surface area contributed by atoms with Gasteiger partial charge in [0.2, 0.25) is 5.91 Å². The van der Waals surface area contributed by atoms with Crippen molar-refractivity contribution in [3.05, 3.63) is 23.9 Å². The third kappa shape index (κ3) is 3.48. The van der Waals surface area contributed by atoms with E-state index in [1.807, 2.05) is 6.07 Å². The van der Waals surface area contributed by atoms with Crippen molar-refractivity contribution in [2.45, 2.75) is 39.3 Å². The molecule has 1 aromatic rings. The van der Waals surface area contributed by atoms with E-state index in [0.717, 1.165) is 38.3 Å². The number of anilines is 1. The maximum atomic E-state index is 11.4. The zero-order valence-electron chi connectivity index (χ0n) is 12.3. The highest BCUT2D eigenvalue weighted by molar-refractivity contribution is 5.77. The number of carbonyl (C=O) groups is 1. The molecule has 20 heavy (non-hydrogen) atoms. The number of pyridine rings is 1. The van der Waals surface area contributed by atoms with E-state index in [1.54, 1.807) is 6.20 Å². The fraction of sp³-hybridized carbons (Fsp3) is 0.600. The number of hydrogen-bond donors (Lipinski definition) is 2. The Bertz CT molecular complexity index is 463. The van der Waals surface area contributed by atoms with Gasteiger partial charge < -0.3 is 11.1 Å². The number of nitrogens with one attached hydrogen (secondary N) is 1. The van der Waals surface area contributed by atoms with Gasteiger partial charge in [0.25, 0.3) is 0 Å². The second kappa shape index (κ2) is 6.70. The van der Waals surface area contributed by atoms with Crippen molar-refractivity contribution in [3.63, 3.8) is 0 Å². The van der Waals surface area contributed by atoms with Gasteiger partial charge in [-0.3, -0.25) is 9.69 Å². The molecule has 2 unspecified atom stereocenters. The Balaban J connectivity index is 2.09. The fourth-order valence-electron chi connectivity index (χ4n) is 2.74. The van der Waals surface area contributed by atoms with Gasteiger partial charge >= 0.3 is 0 Å². The number of carbonyl (C=O) groups excluding carboxylic acids is 1. The molecular weight excluding hydrogens is 252 g/mol. The first kappa shape index (κ1) is 14.8. The van der Waals surface area contributed by atoms with Gasteiger partial charge in [-0.25, -0.2) is 4.98 Å². The summed E-state index contributed by atoms with van der Waals surface area (Å²) in [5.74, 6) is 0.730. The van der Waals surface area contributed by atoms with Crippen LogP contribution in [0.15, 0.2) is 18.3 Å². The number of aromatic nitrogens is 1. The standard InChI is InChI=1S/C15H24N4O/c1-3-17-15-13(5-4-8-18-15)10-19-9-12(14(16)20)7-6-11(19)2/h4-5,8,11-12H,3,6-7,9-10H2,1-2H3,(H2,16,20)(H,17,18). The third-order valence-corrected chi connectivity index (χ3v) is 4.02. The van der Waals surface area contributed by atoms with Crippen molar-refractivity contribution in [2.75, 3.05) is 18.4 Å². The van der Waals surface area contributed by atoms with E-state index in [1.165, 1.54) is 5.56 Å². The van der Waals surface area contributed by atoms with Crippen molar-refractivity contribution in [1.29, 1.82) is 0 Å². The normalized spacial score (nSPS) is 23.5. The van der Waals surface area contributed by atoms with Crippen LogP contribution in [0.25, 0.3) is 0 Å². The lowest BCUT2D eigenvalue weighted by atomic mass is 9.92. The summed E-state index contributed by atoms with van der Waals surface area (Å²) < 4.78 is 0. The minimum atomic E-state index is -0.181. The Morgan fingerprint density at radius 1 is 1.55 bits per heavy atom. The molecule has 0 aromatic carbocycles. The van der Waals surface area contributed by atoms with Gasteiger partial charge in [-0.2, -0.15) is 0 Å². The second-order valence-electron chi connectivity index (χ2n) is 5.50. The van der Waals surface area contributed by atoms with Gasteiger partial charge in [0.1, 0.15) is 5.82 Å². The smallest absolute Gasteiger partial charge is 0.221 e. The molecule has 1 aliphatic rings. The zero-order valence-corrected chi connectivity index (χ0v) is 12.3. The van der Waals surface area contributed by atoms with E-state index >= 15 is 0 Å². The quantitative estimate of drug-likeness (QED) is 0.857. The van der Waals surface area contributed by atoms with E-state index in [0.29, 0.717) is 6.04 Å². The van der Waals surface area contributed by atoms with E-state index in [-0.39, 0.29) is 11.8 Å². The molecule has 0 radical (unpaired) electrons. The number of nitrogens with two attached hydrogens (primary N) is 1. The number of nitrogens with zero attached hydrogens (tertiary/aromatic N) is 2. The van der Waals surface area contributed by atoms with Gasteiger partial charge in [0, 0.05) is 37.4 Å². The molecule has 1 amide bonds. The number of amides is 1. The van der Waals surface area contributed by atoms with Crippen LogP contribution < -0.4 is 11.1 Å². The molecule has 0 spiro atoms. The molecule has 1 aliphatic heterocycles. The number of primary amides is 1. The molecule has 5 heteroatoms. The zero-order chi connectivity index (χ0) is 14.5. The minimum absolute atomic E-state index is 0.0227. The number of piperidine rings is 1. The predicted octanol–water partition coefficient (Wildman–Crippen LogP) is 1.60. The van der Waals surface area contributed by atoms with Gasteiger partial charge in [0.05, 0.1) is 5.92 Å². The van der Waals surface area contributed by atoms with E-state index in [2.05, 4.69) is 35.1 Å². The predicted molar refractivity (Wildman–Crippen MR) is 80.2 cm³/mol. The third-order valence-electron chi connectivity index (χ3n) is 4.02. The summed E-state index contributed by atoms with van der Waals surface area (Å²) >= 11 is 0. The summed E-state index contributed by atoms with van der Waals surface area (Å²) in [7, 11) is 0.